The van der Waals surface area contributed by atoms with Crippen molar-refractivity contribution in [2.45, 2.75) is 59.2 Å². The fourth-order valence-corrected chi connectivity index (χ4v) is 2.94. The van der Waals surface area contributed by atoms with Gasteiger partial charge >= 0.3 is 12.1 Å². The van der Waals surface area contributed by atoms with Crippen molar-refractivity contribution in [3.63, 3.8) is 0 Å². The third-order valence-electron chi connectivity index (χ3n) is 4.43. The maximum absolute atomic E-state index is 12.2. The molecule has 0 aromatic heterocycles. The van der Waals surface area contributed by atoms with Gasteiger partial charge in [-0.1, -0.05) is 37.3 Å². The minimum Gasteiger partial charge on any atom is -0.460 e. The molecule has 1 aliphatic heterocycles. The van der Waals surface area contributed by atoms with Crippen LogP contribution in [0.4, 0.5) is 4.79 Å². The van der Waals surface area contributed by atoms with Crippen LogP contribution < -0.4 is 0 Å². The maximum Gasteiger partial charge on any atom is 0.410 e. The van der Waals surface area contributed by atoms with Gasteiger partial charge in [-0.15, -0.1) is 0 Å². The number of likely N-dealkylation sites (tertiary alicyclic amines) is 1. The number of carbonyl (C=O) groups is 2. The summed E-state index contributed by atoms with van der Waals surface area (Å²) in [6.07, 6.45) is 1.64. The van der Waals surface area contributed by atoms with Gasteiger partial charge in [0.2, 0.25) is 0 Å². The van der Waals surface area contributed by atoms with E-state index in [1.54, 1.807) is 4.90 Å². The fourth-order valence-electron chi connectivity index (χ4n) is 2.94. The summed E-state index contributed by atoms with van der Waals surface area (Å²) in [5, 5.41) is 0. The lowest BCUT2D eigenvalue weighted by molar-refractivity contribution is -0.158. The van der Waals surface area contributed by atoms with Gasteiger partial charge in [0, 0.05) is 13.1 Å². The number of carbonyl (C=O) groups excluding carboxylic acids is 2. The number of amides is 1. The number of hydrogen-bond acceptors (Lipinski definition) is 4. The smallest absolute Gasteiger partial charge is 0.410 e. The molecule has 0 radical (unpaired) electrons. The molecular weight excluding hydrogens is 318 g/mol. The lowest BCUT2D eigenvalue weighted by atomic mass is 9.77. The number of esters is 1. The number of piperidine rings is 1. The van der Waals surface area contributed by atoms with Crippen molar-refractivity contribution in [1.29, 1.82) is 0 Å². The standard InChI is InChI=1S/C20H29NO4/c1-19(2,3)25-17(22)14-20(4)10-12-21(13-11-20)18(23)24-15-16-8-6-5-7-9-16/h5-9H,10-15H2,1-4H3. The van der Waals surface area contributed by atoms with E-state index in [-0.39, 0.29) is 24.1 Å². The van der Waals surface area contributed by atoms with Crippen molar-refractivity contribution in [2.75, 3.05) is 13.1 Å². The van der Waals surface area contributed by atoms with Crippen molar-refractivity contribution >= 4 is 12.1 Å². The molecule has 0 N–H and O–H groups in total. The summed E-state index contributed by atoms with van der Waals surface area (Å²) >= 11 is 0. The second kappa shape index (κ2) is 7.89. The molecule has 1 aromatic rings. The molecule has 5 heteroatoms. The summed E-state index contributed by atoms with van der Waals surface area (Å²) in [5.41, 5.74) is 0.385. The number of nitrogens with zero attached hydrogens (tertiary/aromatic N) is 1. The van der Waals surface area contributed by atoms with Gasteiger partial charge in [0.25, 0.3) is 0 Å². The largest absolute Gasteiger partial charge is 0.460 e. The van der Waals surface area contributed by atoms with Crippen LogP contribution in [0.3, 0.4) is 0 Å². The van der Waals surface area contributed by atoms with E-state index in [1.165, 1.54) is 0 Å². The zero-order chi connectivity index (χ0) is 18.5. The topological polar surface area (TPSA) is 55.8 Å². The Labute approximate surface area is 150 Å². The summed E-state index contributed by atoms with van der Waals surface area (Å²) in [4.78, 5) is 26.0. The average molecular weight is 347 g/mol. The van der Waals surface area contributed by atoms with E-state index in [2.05, 4.69) is 6.92 Å². The Balaban J connectivity index is 1.78. The molecule has 1 aromatic carbocycles. The van der Waals surface area contributed by atoms with E-state index < -0.39 is 5.60 Å². The SMILES string of the molecule is CC1(CC(=O)OC(C)(C)C)CCN(C(=O)OCc2ccccc2)CC1. The lowest BCUT2D eigenvalue weighted by Gasteiger charge is -2.38. The van der Waals surface area contributed by atoms with E-state index in [4.69, 9.17) is 9.47 Å². The summed E-state index contributed by atoms with van der Waals surface area (Å²) in [5.74, 6) is -0.171. The Morgan fingerprint density at radius 2 is 1.72 bits per heavy atom. The quantitative estimate of drug-likeness (QED) is 0.768. The molecule has 1 fully saturated rings. The zero-order valence-corrected chi connectivity index (χ0v) is 15.7. The molecule has 1 aliphatic rings. The molecular formula is C20H29NO4. The Morgan fingerprint density at radius 1 is 1.12 bits per heavy atom. The van der Waals surface area contributed by atoms with Crippen LogP contribution in [0, 0.1) is 5.41 Å². The van der Waals surface area contributed by atoms with Crippen LogP contribution in [0.25, 0.3) is 0 Å². The zero-order valence-electron chi connectivity index (χ0n) is 15.7. The Morgan fingerprint density at radius 3 is 2.28 bits per heavy atom. The van der Waals surface area contributed by atoms with Gasteiger partial charge < -0.3 is 14.4 Å². The highest BCUT2D eigenvalue weighted by molar-refractivity contribution is 5.71. The summed E-state index contributed by atoms with van der Waals surface area (Å²) in [6, 6.07) is 9.64. The molecule has 0 aliphatic carbocycles. The van der Waals surface area contributed by atoms with Gasteiger partial charge in [-0.2, -0.15) is 0 Å². The number of rotatable bonds is 4. The Bertz CT molecular complexity index is 583. The van der Waals surface area contributed by atoms with Gasteiger partial charge in [-0.3, -0.25) is 4.79 Å². The summed E-state index contributed by atoms with van der Waals surface area (Å²) in [6.45, 7) is 9.20. The molecule has 5 nitrogen and oxygen atoms in total. The van der Waals surface area contributed by atoms with Gasteiger partial charge in [0.05, 0.1) is 6.42 Å². The highest BCUT2D eigenvalue weighted by atomic mass is 16.6. The highest BCUT2D eigenvalue weighted by Crippen LogP contribution is 2.35. The van der Waals surface area contributed by atoms with E-state index in [0.717, 1.165) is 18.4 Å². The second-order valence-electron chi connectivity index (χ2n) is 8.10. The first-order valence-electron chi connectivity index (χ1n) is 8.84. The third-order valence-corrected chi connectivity index (χ3v) is 4.43. The first kappa shape index (κ1) is 19.3. The molecule has 1 amide bonds. The monoisotopic (exact) mass is 347 g/mol. The normalized spacial score (nSPS) is 17.0. The van der Waals surface area contributed by atoms with Crippen LogP contribution in [0.5, 0.6) is 0 Å². The molecule has 0 spiro atoms. The first-order valence-corrected chi connectivity index (χ1v) is 8.84. The number of ether oxygens (including phenoxy) is 2. The van der Waals surface area contributed by atoms with Crippen molar-refractivity contribution in [3.8, 4) is 0 Å². The fraction of sp³-hybridized carbons (Fsp3) is 0.600. The van der Waals surface area contributed by atoms with E-state index in [1.807, 2.05) is 51.1 Å². The van der Waals surface area contributed by atoms with Crippen molar-refractivity contribution in [1.82, 2.24) is 4.90 Å². The molecule has 2 rings (SSSR count). The average Bonchev–Trinajstić information content (AvgIpc) is 2.52. The third kappa shape index (κ3) is 6.40. The second-order valence-corrected chi connectivity index (χ2v) is 8.10. The molecule has 138 valence electrons. The molecule has 1 heterocycles. The molecule has 0 atom stereocenters. The number of hydrogen-bond donors (Lipinski definition) is 0. The lowest BCUT2D eigenvalue weighted by Crippen LogP contribution is -2.43. The van der Waals surface area contributed by atoms with Crippen LogP contribution in [0.15, 0.2) is 30.3 Å². The molecule has 0 saturated carbocycles. The Kier molecular flexibility index (Phi) is 6.09. The van der Waals surface area contributed by atoms with E-state index in [0.29, 0.717) is 19.5 Å². The van der Waals surface area contributed by atoms with E-state index in [9.17, 15) is 9.59 Å². The molecule has 25 heavy (non-hydrogen) atoms. The van der Waals surface area contributed by atoms with Crippen molar-refractivity contribution < 1.29 is 19.1 Å². The highest BCUT2D eigenvalue weighted by Gasteiger charge is 2.35. The molecule has 0 bridgehead atoms. The maximum atomic E-state index is 12.2. The van der Waals surface area contributed by atoms with Gasteiger partial charge in [-0.05, 0) is 44.6 Å². The van der Waals surface area contributed by atoms with Crippen LogP contribution in [-0.4, -0.2) is 35.7 Å². The van der Waals surface area contributed by atoms with Gasteiger partial charge in [0.15, 0.2) is 0 Å². The minimum atomic E-state index is -0.463. The van der Waals surface area contributed by atoms with Crippen LogP contribution in [-0.2, 0) is 20.9 Å². The Hall–Kier alpha value is -2.04. The van der Waals surface area contributed by atoms with Crippen molar-refractivity contribution in [2.24, 2.45) is 5.41 Å². The van der Waals surface area contributed by atoms with Crippen LogP contribution in [0.1, 0.15) is 52.5 Å². The first-order chi connectivity index (χ1) is 11.7. The van der Waals surface area contributed by atoms with Gasteiger partial charge in [0.1, 0.15) is 12.2 Å². The summed E-state index contributed by atoms with van der Waals surface area (Å²) < 4.78 is 10.8. The van der Waals surface area contributed by atoms with E-state index >= 15 is 0 Å². The number of benzene rings is 1. The summed E-state index contributed by atoms with van der Waals surface area (Å²) in [7, 11) is 0. The van der Waals surface area contributed by atoms with Crippen molar-refractivity contribution in [3.05, 3.63) is 35.9 Å². The van der Waals surface area contributed by atoms with Crippen LogP contribution >= 0.6 is 0 Å². The van der Waals surface area contributed by atoms with Gasteiger partial charge in [-0.25, -0.2) is 4.79 Å². The predicted molar refractivity (Wildman–Crippen MR) is 96.0 cm³/mol. The minimum absolute atomic E-state index is 0.126. The molecule has 0 unspecified atom stereocenters. The molecule has 1 saturated heterocycles. The van der Waals surface area contributed by atoms with Crippen LogP contribution in [0.2, 0.25) is 0 Å². The predicted octanol–water partition coefficient (Wildman–Crippen LogP) is 4.16.